The molecule has 2 aromatic rings. The van der Waals surface area contributed by atoms with Crippen LogP contribution >= 0.6 is 11.3 Å². The number of hydrogen-bond acceptors (Lipinski definition) is 8. The molecule has 2 heterocycles. The Morgan fingerprint density at radius 3 is 2.92 bits per heavy atom. The van der Waals surface area contributed by atoms with E-state index in [1.165, 1.54) is 17.4 Å². The number of benzene rings is 1. The highest BCUT2D eigenvalue weighted by Crippen LogP contribution is 2.30. The number of carboxylic acids is 1. The Hall–Kier alpha value is -2.92. The monoisotopic (exact) mass is 375 g/mol. The molecule has 1 aromatic carbocycles. The molecule has 1 atom stereocenters. The van der Waals surface area contributed by atoms with Crippen LogP contribution in [0, 0.1) is 0 Å². The van der Waals surface area contributed by atoms with E-state index in [-0.39, 0.29) is 29.9 Å². The van der Waals surface area contributed by atoms with Gasteiger partial charge in [0.25, 0.3) is 0 Å². The molecule has 0 saturated carbocycles. The lowest BCUT2D eigenvalue weighted by atomic mass is 9.72. The molecule has 1 aliphatic heterocycles. The molecule has 9 nitrogen and oxygen atoms in total. The first kappa shape index (κ1) is 17.9. The second-order valence-electron chi connectivity index (χ2n) is 5.58. The number of aromatic carboxylic acids is 1. The third kappa shape index (κ3) is 3.68. The van der Waals surface area contributed by atoms with E-state index in [0.717, 1.165) is 0 Å². The molecule has 0 radical (unpaired) electrons. The van der Waals surface area contributed by atoms with Gasteiger partial charge in [-0.05, 0) is 18.1 Å². The lowest BCUT2D eigenvalue weighted by molar-refractivity contribution is -0.120. The number of nitrogens with one attached hydrogen (secondary N) is 1. The van der Waals surface area contributed by atoms with Gasteiger partial charge in [-0.25, -0.2) is 9.78 Å². The van der Waals surface area contributed by atoms with Crippen molar-refractivity contribution in [1.29, 1.82) is 0 Å². The fraction of sp³-hybridized carbons (Fsp3) is 0.200. The number of amides is 1. The van der Waals surface area contributed by atoms with Crippen molar-refractivity contribution in [2.45, 2.75) is 18.8 Å². The molecule has 11 heteroatoms. The maximum absolute atomic E-state index is 12.2. The molecule has 0 aliphatic carbocycles. The largest absolute Gasteiger partial charge is 0.547 e. The van der Waals surface area contributed by atoms with Crippen molar-refractivity contribution in [2.24, 2.45) is 5.16 Å². The number of oxime groups is 1. The van der Waals surface area contributed by atoms with Gasteiger partial charge in [-0.1, -0.05) is 17.3 Å². The number of thiazole rings is 1. The molecule has 1 aromatic heterocycles. The summed E-state index contributed by atoms with van der Waals surface area (Å²) in [4.78, 5) is 27.4. The van der Waals surface area contributed by atoms with Crippen LogP contribution in [-0.4, -0.2) is 51.0 Å². The number of para-hydroxylation sites is 1. The molecular weight excluding hydrogens is 361 g/mol. The quantitative estimate of drug-likeness (QED) is 0.259. The van der Waals surface area contributed by atoms with Crippen molar-refractivity contribution in [3.63, 3.8) is 0 Å². The minimum Gasteiger partial charge on any atom is -0.534 e. The van der Waals surface area contributed by atoms with Gasteiger partial charge in [0.2, 0.25) is 5.91 Å². The molecule has 3 rings (SSSR count). The number of carboxylic acid groups (broad SMARTS) is 1. The van der Waals surface area contributed by atoms with Gasteiger partial charge in [0, 0.05) is 5.38 Å². The Labute approximate surface area is 152 Å². The van der Waals surface area contributed by atoms with Crippen molar-refractivity contribution in [2.75, 3.05) is 0 Å². The van der Waals surface area contributed by atoms with E-state index in [1.54, 1.807) is 23.0 Å². The number of rotatable bonds is 5. The molecule has 0 unspecified atom stereocenters. The summed E-state index contributed by atoms with van der Waals surface area (Å²) in [6, 6.07) is 4.62. The van der Waals surface area contributed by atoms with E-state index in [2.05, 4.69) is 15.5 Å². The summed E-state index contributed by atoms with van der Waals surface area (Å²) in [6.45, 7) is 0. The van der Waals surface area contributed by atoms with Crippen LogP contribution < -0.4 is 9.97 Å². The van der Waals surface area contributed by atoms with E-state index in [4.69, 9.17) is 9.86 Å². The SMILES string of the molecule is O=C(C/C(=N/O)c1cscn1)N[C@H]1Cc2cccc(C(=O)O)c2OB1O. The second kappa shape index (κ2) is 7.54. The number of nitrogens with zero attached hydrogens (tertiary/aromatic N) is 2. The molecule has 0 bridgehead atoms. The summed E-state index contributed by atoms with van der Waals surface area (Å²) in [5.74, 6) is -2.33. The lowest BCUT2D eigenvalue weighted by Gasteiger charge is -2.28. The predicted octanol–water partition coefficient (Wildman–Crippen LogP) is 0.549. The number of hydrogen-bond donors (Lipinski definition) is 4. The highest BCUT2D eigenvalue weighted by Gasteiger charge is 2.37. The van der Waals surface area contributed by atoms with Crippen molar-refractivity contribution in [3.8, 4) is 5.75 Å². The van der Waals surface area contributed by atoms with Crippen LogP contribution in [0.4, 0.5) is 0 Å². The minimum atomic E-state index is -1.40. The highest BCUT2D eigenvalue weighted by atomic mass is 32.1. The van der Waals surface area contributed by atoms with Crippen LogP contribution in [0.1, 0.15) is 28.0 Å². The number of carbonyl (C=O) groups is 2. The molecule has 4 N–H and O–H groups in total. The van der Waals surface area contributed by atoms with Crippen LogP contribution in [0.25, 0.3) is 0 Å². The molecule has 26 heavy (non-hydrogen) atoms. The predicted molar refractivity (Wildman–Crippen MR) is 92.7 cm³/mol. The second-order valence-corrected chi connectivity index (χ2v) is 6.30. The van der Waals surface area contributed by atoms with E-state index in [9.17, 15) is 19.7 Å². The van der Waals surface area contributed by atoms with Gasteiger partial charge in [-0.3, -0.25) is 4.79 Å². The van der Waals surface area contributed by atoms with Crippen LogP contribution in [0.15, 0.2) is 34.2 Å². The Balaban J connectivity index is 1.70. The van der Waals surface area contributed by atoms with Gasteiger partial charge in [-0.15, -0.1) is 11.3 Å². The summed E-state index contributed by atoms with van der Waals surface area (Å²) < 4.78 is 5.31. The highest BCUT2D eigenvalue weighted by molar-refractivity contribution is 7.07. The zero-order valence-electron chi connectivity index (χ0n) is 13.3. The van der Waals surface area contributed by atoms with Crippen molar-refractivity contribution < 1.29 is 29.6 Å². The average molecular weight is 375 g/mol. The number of aromatic nitrogens is 1. The van der Waals surface area contributed by atoms with Gasteiger partial charge in [0.05, 0.1) is 29.1 Å². The van der Waals surface area contributed by atoms with Gasteiger partial charge < -0.3 is 25.3 Å². The topological polar surface area (TPSA) is 141 Å². The van der Waals surface area contributed by atoms with Crippen LogP contribution in [-0.2, 0) is 11.2 Å². The van der Waals surface area contributed by atoms with Crippen molar-refractivity contribution in [3.05, 3.63) is 45.9 Å². The Morgan fingerprint density at radius 1 is 1.46 bits per heavy atom. The molecule has 0 saturated heterocycles. The normalized spacial score (nSPS) is 16.6. The summed E-state index contributed by atoms with van der Waals surface area (Å²) in [7, 11) is -1.40. The van der Waals surface area contributed by atoms with Gasteiger partial charge in [0.1, 0.15) is 11.5 Å². The lowest BCUT2D eigenvalue weighted by Crippen LogP contribution is -2.53. The molecular formula is C15H14BN3O6S. The standard InChI is InChI=1S/C15H14BN3O6S/c20-13(5-10(19-24)11-6-26-7-17-11)18-12-4-8-2-1-3-9(15(21)22)14(8)25-16(12)23/h1-3,6-7,12,23-24H,4-5H2,(H,18,20)(H,21,22)/b19-10-/t12-/m0/s1. The maximum Gasteiger partial charge on any atom is 0.547 e. The van der Waals surface area contributed by atoms with Gasteiger partial charge in [-0.2, -0.15) is 0 Å². The summed E-state index contributed by atoms with van der Waals surface area (Å²) >= 11 is 1.30. The van der Waals surface area contributed by atoms with E-state index < -0.39 is 24.9 Å². The Kier molecular flexibility index (Phi) is 5.19. The first-order valence-electron chi connectivity index (χ1n) is 7.58. The zero-order valence-corrected chi connectivity index (χ0v) is 14.1. The Morgan fingerprint density at radius 2 is 2.27 bits per heavy atom. The fourth-order valence-corrected chi connectivity index (χ4v) is 3.22. The van der Waals surface area contributed by atoms with E-state index in [1.807, 2.05) is 0 Å². The Bertz CT molecular complexity index is 857. The van der Waals surface area contributed by atoms with E-state index >= 15 is 0 Å². The van der Waals surface area contributed by atoms with E-state index in [0.29, 0.717) is 11.3 Å². The first-order valence-corrected chi connectivity index (χ1v) is 8.52. The molecule has 0 spiro atoms. The zero-order chi connectivity index (χ0) is 18.7. The van der Waals surface area contributed by atoms with Gasteiger partial charge >= 0.3 is 13.1 Å². The average Bonchev–Trinajstić information content (AvgIpc) is 3.14. The summed E-state index contributed by atoms with van der Waals surface area (Å²) in [6.07, 6.45) is -0.0306. The first-order chi connectivity index (χ1) is 12.5. The molecule has 0 fully saturated rings. The van der Waals surface area contributed by atoms with Crippen molar-refractivity contribution >= 4 is 36.0 Å². The molecule has 134 valence electrons. The van der Waals surface area contributed by atoms with Crippen LogP contribution in [0.2, 0.25) is 0 Å². The van der Waals surface area contributed by atoms with Crippen molar-refractivity contribution in [1.82, 2.24) is 10.3 Å². The fourth-order valence-electron chi connectivity index (χ4n) is 2.66. The number of fused-ring (bicyclic) bond motifs is 1. The van der Waals surface area contributed by atoms with Crippen LogP contribution in [0.3, 0.4) is 0 Å². The van der Waals surface area contributed by atoms with Gasteiger partial charge in [0.15, 0.2) is 0 Å². The molecule has 1 amide bonds. The maximum atomic E-state index is 12.2. The summed E-state index contributed by atoms with van der Waals surface area (Å²) in [5, 5.41) is 35.7. The smallest absolute Gasteiger partial charge is 0.534 e. The third-order valence-corrected chi connectivity index (χ3v) is 4.46. The van der Waals surface area contributed by atoms with Crippen LogP contribution in [0.5, 0.6) is 5.75 Å². The minimum absolute atomic E-state index is 0.0513. The third-order valence-electron chi connectivity index (χ3n) is 3.87. The number of carbonyl (C=O) groups excluding carboxylic acids is 1. The summed E-state index contributed by atoms with van der Waals surface area (Å²) in [5.41, 5.74) is 2.56. The molecule has 1 aliphatic rings.